The zero-order valence-electron chi connectivity index (χ0n) is 9.21. The normalized spacial score (nSPS) is 11.3. The minimum Gasteiger partial charge on any atom is -0.486 e. The first-order chi connectivity index (χ1) is 8.70. The SMILES string of the molecule is F/C=C/COc1ccc(OC/C=C/F)c(F)c1F. The van der Waals surface area contributed by atoms with E-state index in [2.05, 4.69) is 0 Å². The zero-order valence-corrected chi connectivity index (χ0v) is 9.21. The molecule has 0 saturated carbocycles. The molecule has 0 heterocycles. The molecule has 98 valence electrons. The molecule has 0 aromatic heterocycles. The van der Waals surface area contributed by atoms with Crippen molar-refractivity contribution in [2.45, 2.75) is 0 Å². The molecule has 0 aliphatic carbocycles. The van der Waals surface area contributed by atoms with Crippen molar-refractivity contribution >= 4 is 0 Å². The lowest BCUT2D eigenvalue weighted by molar-refractivity contribution is 0.307. The summed E-state index contributed by atoms with van der Waals surface area (Å²) in [6.45, 7) is -0.449. The average Bonchev–Trinajstić information content (AvgIpc) is 2.37. The van der Waals surface area contributed by atoms with E-state index in [1.165, 1.54) is 0 Å². The van der Waals surface area contributed by atoms with Crippen molar-refractivity contribution in [2.75, 3.05) is 13.2 Å². The number of benzene rings is 1. The molecule has 0 spiro atoms. The van der Waals surface area contributed by atoms with Crippen LogP contribution in [0.25, 0.3) is 0 Å². The Morgan fingerprint density at radius 1 is 0.833 bits per heavy atom. The predicted molar refractivity (Wildman–Crippen MR) is 57.8 cm³/mol. The number of ether oxygens (including phenoxy) is 2. The van der Waals surface area contributed by atoms with Gasteiger partial charge in [0.15, 0.2) is 11.5 Å². The van der Waals surface area contributed by atoms with E-state index < -0.39 is 11.6 Å². The standard InChI is InChI=1S/C12H10F4O2/c13-5-1-7-17-9-3-4-10(12(16)11(9)15)18-8-2-6-14/h1-6H,7-8H2/b5-1+,6-2+. The molecule has 0 amide bonds. The predicted octanol–water partition coefficient (Wildman–Crippen LogP) is 3.69. The molecule has 1 rings (SSSR count). The molecule has 0 unspecified atom stereocenters. The van der Waals surface area contributed by atoms with Crippen molar-refractivity contribution in [1.29, 1.82) is 0 Å². The second-order valence-electron chi connectivity index (χ2n) is 3.04. The van der Waals surface area contributed by atoms with Gasteiger partial charge >= 0.3 is 0 Å². The summed E-state index contributed by atoms with van der Waals surface area (Å²) in [5, 5.41) is 0. The van der Waals surface area contributed by atoms with E-state index in [1.54, 1.807) is 0 Å². The van der Waals surface area contributed by atoms with Crippen LogP contribution < -0.4 is 9.47 Å². The van der Waals surface area contributed by atoms with Crippen molar-refractivity contribution in [1.82, 2.24) is 0 Å². The van der Waals surface area contributed by atoms with E-state index in [0.717, 1.165) is 24.3 Å². The van der Waals surface area contributed by atoms with Crippen LogP contribution in [-0.4, -0.2) is 13.2 Å². The first-order valence-electron chi connectivity index (χ1n) is 4.94. The maximum atomic E-state index is 13.4. The van der Waals surface area contributed by atoms with Crippen LogP contribution in [0.1, 0.15) is 0 Å². The number of hydrogen-bond acceptors (Lipinski definition) is 2. The Morgan fingerprint density at radius 3 is 1.56 bits per heavy atom. The smallest absolute Gasteiger partial charge is 0.204 e. The molecule has 0 aliphatic heterocycles. The van der Waals surface area contributed by atoms with Crippen LogP contribution in [0.5, 0.6) is 11.5 Å². The molecule has 0 saturated heterocycles. The van der Waals surface area contributed by atoms with Crippen LogP contribution in [0.2, 0.25) is 0 Å². The Labute approximate surface area is 101 Å². The van der Waals surface area contributed by atoms with Crippen molar-refractivity contribution in [3.63, 3.8) is 0 Å². The summed E-state index contributed by atoms with van der Waals surface area (Å²) < 4.78 is 59.6. The zero-order chi connectivity index (χ0) is 13.4. The lowest BCUT2D eigenvalue weighted by Crippen LogP contribution is -2.01. The maximum Gasteiger partial charge on any atom is 0.204 e. The minimum absolute atomic E-state index is 0.225. The Hall–Kier alpha value is -1.98. The highest BCUT2D eigenvalue weighted by Crippen LogP contribution is 2.27. The molecule has 0 radical (unpaired) electrons. The molecule has 0 N–H and O–H groups in total. The summed E-state index contributed by atoms with van der Waals surface area (Å²) in [4.78, 5) is 0. The molecule has 1 aromatic rings. The van der Waals surface area contributed by atoms with E-state index in [9.17, 15) is 17.6 Å². The second-order valence-corrected chi connectivity index (χ2v) is 3.04. The van der Waals surface area contributed by atoms with Crippen molar-refractivity contribution in [2.24, 2.45) is 0 Å². The Kier molecular flexibility index (Phi) is 5.76. The van der Waals surface area contributed by atoms with Gasteiger partial charge in [0.1, 0.15) is 13.2 Å². The highest BCUT2D eigenvalue weighted by atomic mass is 19.2. The van der Waals surface area contributed by atoms with E-state index in [0.29, 0.717) is 0 Å². The summed E-state index contributed by atoms with van der Waals surface area (Å²) in [5.74, 6) is -3.22. The third-order valence-corrected chi connectivity index (χ3v) is 1.86. The van der Waals surface area contributed by atoms with E-state index in [-0.39, 0.29) is 37.4 Å². The van der Waals surface area contributed by atoms with E-state index in [1.807, 2.05) is 0 Å². The van der Waals surface area contributed by atoms with Crippen LogP contribution in [0.15, 0.2) is 36.9 Å². The molecule has 0 bridgehead atoms. The molecule has 6 heteroatoms. The van der Waals surface area contributed by atoms with Crippen LogP contribution in [0, 0.1) is 11.6 Å². The lowest BCUT2D eigenvalue weighted by Gasteiger charge is -2.09. The fourth-order valence-corrected chi connectivity index (χ4v) is 1.09. The third-order valence-electron chi connectivity index (χ3n) is 1.86. The van der Waals surface area contributed by atoms with Crippen LogP contribution in [-0.2, 0) is 0 Å². The molecular formula is C12H10F4O2. The largest absolute Gasteiger partial charge is 0.486 e. The van der Waals surface area contributed by atoms with Gasteiger partial charge in [-0.15, -0.1) is 0 Å². The highest BCUT2D eigenvalue weighted by Gasteiger charge is 2.15. The Balaban J connectivity index is 2.77. The maximum absolute atomic E-state index is 13.4. The van der Waals surface area contributed by atoms with Crippen LogP contribution >= 0.6 is 0 Å². The highest BCUT2D eigenvalue weighted by molar-refractivity contribution is 5.35. The average molecular weight is 262 g/mol. The van der Waals surface area contributed by atoms with E-state index >= 15 is 0 Å². The molecule has 0 fully saturated rings. The lowest BCUT2D eigenvalue weighted by atomic mass is 10.3. The molecule has 18 heavy (non-hydrogen) atoms. The van der Waals surface area contributed by atoms with Gasteiger partial charge in [-0.1, -0.05) is 0 Å². The number of hydrogen-bond donors (Lipinski definition) is 0. The van der Waals surface area contributed by atoms with Gasteiger partial charge in [0.05, 0.1) is 12.7 Å². The second kappa shape index (κ2) is 7.37. The van der Waals surface area contributed by atoms with Crippen molar-refractivity contribution < 1.29 is 27.0 Å². The van der Waals surface area contributed by atoms with Gasteiger partial charge in [-0.3, -0.25) is 0 Å². The van der Waals surface area contributed by atoms with Gasteiger partial charge in [0.25, 0.3) is 0 Å². The first-order valence-corrected chi connectivity index (χ1v) is 4.94. The summed E-state index contributed by atoms with van der Waals surface area (Å²) in [7, 11) is 0. The fourth-order valence-electron chi connectivity index (χ4n) is 1.09. The molecule has 0 atom stereocenters. The van der Waals surface area contributed by atoms with Crippen molar-refractivity contribution in [3.8, 4) is 11.5 Å². The quantitative estimate of drug-likeness (QED) is 0.728. The number of rotatable bonds is 6. The van der Waals surface area contributed by atoms with Crippen LogP contribution in [0.3, 0.4) is 0 Å². The number of halogens is 4. The van der Waals surface area contributed by atoms with Gasteiger partial charge in [-0.2, -0.15) is 8.78 Å². The molecule has 1 aromatic carbocycles. The van der Waals surface area contributed by atoms with Crippen LogP contribution in [0.4, 0.5) is 17.6 Å². The molecular weight excluding hydrogens is 252 g/mol. The van der Waals surface area contributed by atoms with Gasteiger partial charge in [-0.05, 0) is 24.3 Å². The molecule has 0 aliphatic rings. The Morgan fingerprint density at radius 2 is 1.22 bits per heavy atom. The summed E-state index contributed by atoms with van der Waals surface area (Å²) in [5.41, 5.74) is 0. The summed E-state index contributed by atoms with van der Waals surface area (Å²) >= 11 is 0. The minimum atomic E-state index is -1.25. The first kappa shape index (κ1) is 14.1. The third kappa shape index (κ3) is 3.80. The summed E-state index contributed by atoms with van der Waals surface area (Å²) in [6.07, 6.45) is 2.45. The van der Waals surface area contributed by atoms with Gasteiger partial charge in [-0.25, -0.2) is 8.78 Å². The monoisotopic (exact) mass is 262 g/mol. The molecule has 2 nitrogen and oxygen atoms in total. The Bertz CT molecular complexity index is 403. The topological polar surface area (TPSA) is 18.5 Å². The van der Waals surface area contributed by atoms with Gasteiger partial charge < -0.3 is 9.47 Å². The van der Waals surface area contributed by atoms with Gasteiger partial charge in [0.2, 0.25) is 11.6 Å². The fraction of sp³-hybridized carbons (Fsp3) is 0.167. The van der Waals surface area contributed by atoms with Crippen molar-refractivity contribution in [3.05, 3.63) is 48.6 Å². The van der Waals surface area contributed by atoms with Gasteiger partial charge in [0, 0.05) is 0 Å². The van der Waals surface area contributed by atoms with E-state index in [4.69, 9.17) is 9.47 Å². The summed E-state index contributed by atoms with van der Waals surface area (Å²) in [6, 6.07) is 2.28.